The molecule has 0 N–H and O–H groups in total. The van der Waals surface area contributed by atoms with Gasteiger partial charge in [-0.1, -0.05) is 74.0 Å². The Bertz CT molecular complexity index is 1170. The van der Waals surface area contributed by atoms with E-state index in [1.54, 1.807) is 72.8 Å². The van der Waals surface area contributed by atoms with Gasteiger partial charge in [0.1, 0.15) is 23.8 Å². The van der Waals surface area contributed by atoms with Crippen molar-refractivity contribution in [3.63, 3.8) is 0 Å². The monoisotopic (exact) mass is 463 g/mol. The molecule has 0 bridgehead atoms. The highest BCUT2D eigenvalue weighted by Gasteiger charge is 2.65. The van der Waals surface area contributed by atoms with Crippen molar-refractivity contribution < 1.29 is 18.7 Å². The van der Waals surface area contributed by atoms with Gasteiger partial charge in [-0.05, 0) is 41.5 Å². The van der Waals surface area contributed by atoms with E-state index in [0.29, 0.717) is 27.5 Å². The summed E-state index contributed by atoms with van der Waals surface area (Å²) in [6, 6.07) is 24.2. The van der Waals surface area contributed by atoms with Crippen LogP contribution in [-0.4, -0.2) is 12.1 Å². The maximum Gasteiger partial charge on any atom is 0.315 e. The fourth-order valence-corrected chi connectivity index (χ4v) is 4.08. The van der Waals surface area contributed by atoms with Crippen LogP contribution in [0.5, 0.6) is 5.75 Å². The van der Waals surface area contributed by atoms with E-state index >= 15 is 0 Å². The lowest BCUT2D eigenvalue weighted by Gasteiger charge is -2.15. The minimum atomic E-state index is -1.35. The van der Waals surface area contributed by atoms with Crippen LogP contribution in [-0.2, 0) is 9.53 Å². The van der Waals surface area contributed by atoms with Gasteiger partial charge in [-0.2, -0.15) is 5.26 Å². The third kappa shape index (κ3) is 4.86. The zero-order valence-electron chi connectivity index (χ0n) is 18.2. The SMILES string of the molecule is CC1(C)C(Oc2ccc(Cl)cc2)C1C(=O)OC(C#N)c1cccc(C(F)c2ccccc2)c1. The molecule has 4 nitrogen and oxygen atoms in total. The van der Waals surface area contributed by atoms with Crippen LogP contribution in [0.1, 0.15) is 42.8 Å². The Balaban J connectivity index is 1.46. The molecule has 33 heavy (non-hydrogen) atoms. The number of esters is 1. The summed E-state index contributed by atoms with van der Waals surface area (Å²) in [5.74, 6) is -0.437. The number of nitrogens with zero attached hydrogens (tertiary/aromatic N) is 1. The third-order valence-corrected chi connectivity index (χ3v) is 6.26. The van der Waals surface area contributed by atoms with E-state index in [4.69, 9.17) is 21.1 Å². The molecule has 0 spiro atoms. The molecule has 4 rings (SSSR count). The van der Waals surface area contributed by atoms with Gasteiger partial charge in [-0.3, -0.25) is 4.79 Å². The molecule has 0 aliphatic heterocycles. The molecule has 1 fully saturated rings. The van der Waals surface area contributed by atoms with Crippen LogP contribution >= 0.6 is 11.6 Å². The van der Waals surface area contributed by atoms with Gasteiger partial charge in [0, 0.05) is 16.0 Å². The molecule has 1 saturated carbocycles. The fraction of sp³-hybridized carbons (Fsp3) is 0.259. The molecule has 1 aliphatic rings. The van der Waals surface area contributed by atoms with Crippen LogP contribution < -0.4 is 4.74 Å². The van der Waals surface area contributed by atoms with E-state index in [9.17, 15) is 14.4 Å². The van der Waals surface area contributed by atoms with Gasteiger partial charge in [-0.15, -0.1) is 0 Å². The molecule has 1 aliphatic carbocycles. The number of benzene rings is 3. The number of carbonyl (C=O) groups excluding carboxylic acids is 1. The average Bonchev–Trinajstić information content (AvgIpc) is 3.38. The first-order chi connectivity index (χ1) is 15.8. The van der Waals surface area contributed by atoms with Gasteiger partial charge in [0.2, 0.25) is 6.10 Å². The van der Waals surface area contributed by atoms with E-state index in [0.717, 1.165) is 0 Å². The summed E-state index contributed by atoms with van der Waals surface area (Å²) in [7, 11) is 0. The predicted molar refractivity (Wildman–Crippen MR) is 123 cm³/mol. The molecule has 4 unspecified atom stereocenters. The second-order valence-electron chi connectivity index (χ2n) is 8.68. The van der Waals surface area contributed by atoms with Crippen LogP contribution in [0.4, 0.5) is 4.39 Å². The van der Waals surface area contributed by atoms with E-state index in [1.807, 2.05) is 26.0 Å². The lowest BCUT2D eigenvalue weighted by molar-refractivity contribution is -0.149. The Kier molecular flexibility index (Phi) is 6.40. The van der Waals surface area contributed by atoms with Gasteiger partial charge in [-0.25, -0.2) is 4.39 Å². The van der Waals surface area contributed by atoms with Crippen molar-refractivity contribution in [1.82, 2.24) is 0 Å². The normalized spacial score (nSPS) is 20.2. The molecule has 0 amide bonds. The Morgan fingerprint density at radius 1 is 1.00 bits per heavy atom. The van der Waals surface area contributed by atoms with E-state index < -0.39 is 29.6 Å². The van der Waals surface area contributed by atoms with Crippen LogP contribution in [0.2, 0.25) is 5.02 Å². The zero-order chi connectivity index (χ0) is 23.6. The van der Waals surface area contributed by atoms with E-state index in [1.165, 1.54) is 0 Å². The molecule has 168 valence electrons. The summed E-state index contributed by atoms with van der Waals surface area (Å²) < 4.78 is 26.5. The molecular weight excluding hydrogens is 441 g/mol. The van der Waals surface area contributed by atoms with Gasteiger partial charge >= 0.3 is 5.97 Å². The summed E-state index contributed by atoms with van der Waals surface area (Å²) in [5.41, 5.74) is 0.888. The van der Waals surface area contributed by atoms with Crippen LogP contribution in [0, 0.1) is 22.7 Å². The molecule has 6 heteroatoms. The highest BCUT2D eigenvalue weighted by atomic mass is 35.5. The van der Waals surface area contributed by atoms with Crippen molar-refractivity contribution in [2.24, 2.45) is 11.3 Å². The Hall–Kier alpha value is -3.36. The standard InChI is InChI=1S/C27H23ClFNO3/c1-27(2)23(25(27)32-21-13-11-20(28)12-14-21)26(31)33-22(16-30)18-9-6-10-19(15-18)24(29)17-7-4-3-5-8-17/h3-15,22-25H,1-2H3. The number of halogens is 2. The Morgan fingerprint density at radius 2 is 1.64 bits per heavy atom. The summed E-state index contributed by atoms with van der Waals surface area (Å²) in [5, 5.41) is 10.3. The minimum absolute atomic E-state index is 0.384. The minimum Gasteiger partial charge on any atom is -0.489 e. The molecule has 3 aromatic rings. The second-order valence-corrected chi connectivity index (χ2v) is 9.12. The number of alkyl halides is 1. The molecular formula is C27H23ClFNO3. The van der Waals surface area contributed by atoms with Crippen molar-refractivity contribution in [2.45, 2.75) is 32.2 Å². The van der Waals surface area contributed by atoms with Gasteiger partial charge in [0.25, 0.3) is 0 Å². The zero-order valence-corrected chi connectivity index (χ0v) is 19.0. The molecule has 4 atom stereocenters. The van der Waals surface area contributed by atoms with Crippen molar-refractivity contribution in [3.05, 3.63) is 101 Å². The van der Waals surface area contributed by atoms with Crippen molar-refractivity contribution in [2.75, 3.05) is 0 Å². The summed E-state index contributed by atoms with van der Waals surface area (Å²) in [6.07, 6.45) is -2.88. The Morgan fingerprint density at radius 3 is 2.30 bits per heavy atom. The maximum absolute atomic E-state index is 15.0. The first-order valence-corrected chi connectivity index (χ1v) is 11.0. The first-order valence-electron chi connectivity index (χ1n) is 10.6. The number of hydrogen-bond donors (Lipinski definition) is 0. The van der Waals surface area contributed by atoms with Gasteiger partial charge in [0.15, 0.2) is 6.17 Å². The quantitative estimate of drug-likeness (QED) is 0.370. The molecule has 0 aromatic heterocycles. The van der Waals surface area contributed by atoms with E-state index in [-0.39, 0.29) is 6.10 Å². The lowest BCUT2D eigenvalue weighted by Crippen LogP contribution is -2.16. The Labute approximate surface area is 197 Å². The predicted octanol–water partition coefficient (Wildman–Crippen LogP) is 6.61. The number of nitriles is 1. The molecule has 0 saturated heterocycles. The summed E-state index contributed by atoms with van der Waals surface area (Å²) >= 11 is 5.91. The fourth-order valence-electron chi connectivity index (χ4n) is 3.95. The number of rotatable bonds is 7. The second kappa shape index (κ2) is 9.25. The van der Waals surface area contributed by atoms with Crippen LogP contribution in [0.15, 0.2) is 78.9 Å². The summed E-state index contributed by atoms with van der Waals surface area (Å²) in [6.45, 7) is 3.82. The van der Waals surface area contributed by atoms with Crippen molar-refractivity contribution >= 4 is 17.6 Å². The lowest BCUT2D eigenvalue weighted by atomic mass is 9.99. The number of hydrogen-bond acceptors (Lipinski definition) is 4. The largest absolute Gasteiger partial charge is 0.489 e. The van der Waals surface area contributed by atoms with Crippen LogP contribution in [0.25, 0.3) is 0 Å². The molecule has 0 radical (unpaired) electrons. The maximum atomic E-state index is 15.0. The average molecular weight is 464 g/mol. The third-order valence-electron chi connectivity index (χ3n) is 6.01. The molecule has 0 heterocycles. The summed E-state index contributed by atoms with van der Waals surface area (Å²) in [4.78, 5) is 12.9. The number of ether oxygens (including phenoxy) is 2. The van der Waals surface area contributed by atoms with Crippen LogP contribution in [0.3, 0.4) is 0 Å². The molecule has 3 aromatic carbocycles. The highest BCUT2D eigenvalue weighted by Crippen LogP contribution is 2.55. The van der Waals surface area contributed by atoms with E-state index in [2.05, 4.69) is 0 Å². The van der Waals surface area contributed by atoms with Crippen molar-refractivity contribution in [1.29, 1.82) is 5.26 Å². The van der Waals surface area contributed by atoms with Gasteiger partial charge in [0.05, 0.1) is 0 Å². The highest BCUT2D eigenvalue weighted by molar-refractivity contribution is 6.30. The topological polar surface area (TPSA) is 59.3 Å². The van der Waals surface area contributed by atoms with Gasteiger partial charge < -0.3 is 9.47 Å². The van der Waals surface area contributed by atoms with Crippen molar-refractivity contribution in [3.8, 4) is 11.8 Å². The number of carbonyl (C=O) groups is 1. The first kappa shape index (κ1) is 22.8. The smallest absolute Gasteiger partial charge is 0.315 e.